The number of imidazole rings is 1. The zero-order chi connectivity index (χ0) is 9.38. The molecule has 0 bridgehead atoms. The number of nitrogens with zero attached hydrogens (tertiary/aromatic N) is 2. The highest BCUT2D eigenvalue weighted by Gasteiger charge is 2.03. The molecular weight excluding hydrogens is 192 g/mol. The summed E-state index contributed by atoms with van der Waals surface area (Å²) >= 11 is 1.65. The van der Waals surface area contributed by atoms with Gasteiger partial charge in [0.05, 0.1) is 5.69 Å². The molecule has 2 heterocycles. The van der Waals surface area contributed by atoms with Crippen molar-refractivity contribution in [3.05, 3.63) is 48.1 Å². The number of fused-ring (bicyclic) bond motifs is 1. The summed E-state index contributed by atoms with van der Waals surface area (Å²) in [6.45, 7) is 0. The molecule has 3 aromatic rings. The number of rotatable bonds is 1. The summed E-state index contributed by atoms with van der Waals surface area (Å²) in [5.41, 5.74) is 2.16. The topological polar surface area (TPSA) is 17.3 Å². The van der Waals surface area contributed by atoms with Crippen LogP contribution in [-0.2, 0) is 0 Å². The number of hydrogen-bond acceptors (Lipinski definition) is 2. The van der Waals surface area contributed by atoms with Crippen molar-refractivity contribution in [1.29, 1.82) is 0 Å². The smallest absolute Gasteiger partial charge is 0.194 e. The predicted molar refractivity (Wildman–Crippen MR) is 57.3 cm³/mol. The van der Waals surface area contributed by atoms with Crippen LogP contribution in [0.4, 0.5) is 0 Å². The molecule has 0 fully saturated rings. The van der Waals surface area contributed by atoms with Gasteiger partial charge in [-0.25, -0.2) is 4.98 Å². The van der Waals surface area contributed by atoms with Gasteiger partial charge >= 0.3 is 0 Å². The Balaban J connectivity index is 2.19. The molecule has 2 aromatic heterocycles. The van der Waals surface area contributed by atoms with Gasteiger partial charge in [0.15, 0.2) is 4.96 Å². The van der Waals surface area contributed by atoms with E-state index in [1.165, 1.54) is 0 Å². The first-order valence-electron chi connectivity index (χ1n) is 4.32. The molecule has 0 atom stereocenters. The van der Waals surface area contributed by atoms with Crippen molar-refractivity contribution in [2.75, 3.05) is 0 Å². The van der Waals surface area contributed by atoms with Gasteiger partial charge in [0, 0.05) is 23.3 Å². The van der Waals surface area contributed by atoms with Gasteiger partial charge in [-0.05, 0) is 6.07 Å². The highest BCUT2D eigenvalue weighted by molar-refractivity contribution is 7.15. The van der Waals surface area contributed by atoms with Crippen molar-refractivity contribution in [2.24, 2.45) is 0 Å². The molecule has 2 nitrogen and oxygen atoms in total. The number of aromatic nitrogens is 2. The van der Waals surface area contributed by atoms with Crippen LogP contribution in [0.3, 0.4) is 0 Å². The molecule has 3 heteroatoms. The highest BCUT2D eigenvalue weighted by Crippen LogP contribution is 2.20. The average molecular weight is 199 g/mol. The molecule has 14 heavy (non-hydrogen) atoms. The third kappa shape index (κ3) is 1.14. The lowest BCUT2D eigenvalue weighted by Gasteiger charge is -1.92. The summed E-state index contributed by atoms with van der Waals surface area (Å²) in [4.78, 5) is 5.55. The van der Waals surface area contributed by atoms with Gasteiger partial charge < -0.3 is 0 Å². The van der Waals surface area contributed by atoms with E-state index < -0.39 is 0 Å². The van der Waals surface area contributed by atoms with E-state index in [4.69, 9.17) is 0 Å². The van der Waals surface area contributed by atoms with E-state index >= 15 is 0 Å². The summed E-state index contributed by atoms with van der Waals surface area (Å²) in [6.07, 6.45) is 4.06. The Bertz CT molecular complexity index is 522. The molecule has 0 aliphatic rings. The maximum Gasteiger partial charge on any atom is 0.194 e. The van der Waals surface area contributed by atoms with Crippen molar-refractivity contribution < 1.29 is 0 Å². The quantitative estimate of drug-likeness (QED) is 0.589. The minimum absolute atomic E-state index is 1.02. The molecule has 1 aromatic carbocycles. The fraction of sp³-hybridized carbons (Fsp3) is 0. The molecule has 67 valence electrons. The van der Waals surface area contributed by atoms with Gasteiger partial charge in [0.1, 0.15) is 0 Å². The second-order valence-corrected chi connectivity index (χ2v) is 3.88. The van der Waals surface area contributed by atoms with E-state index in [2.05, 4.69) is 11.1 Å². The fourth-order valence-corrected chi connectivity index (χ4v) is 2.12. The largest absolute Gasteiger partial charge is 0.297 e. The van der Waals surface area contributed by atoms with Gasteiger partial charge in [-0.3, -0.25) is 4.40 Å². The predicted octanol–water partition coefficient (Wildman–Crippen LogP) is 2.86. The third-order valence-corrected chi connectivity index (χ3v) is 2.88. The van der Waals surface area contributed by atoms with Crippen LogP contribution >= 0.6 is 11.3 Å². The molecule has 1 radical (unpaired) electrons. The Kier molecular flexibility index (Phi) is 1.64. The lowest BCUT2D eigenvalue weighted by Crippen LogP contribution is -1.74. The normalized spacial score (nSPS) is 10.9. The molecule has 0 unspecified atom stereocenters. The number of thiazole rings is 1. The summed E-state index contributed by atoms with van der Waals surface area (Å²) in [7, 11) is 0. The Labute approximate surface area is 85.5 Å². The zero-order valence-electron chi connectivity index (χ0n) is 7.34. The van der Waals surface area contributed by atoms with Gasteiger partial charge in [-0.2, -0.15) is 0 Å². The number of benzene rings is 1. The molecule has 0 saturated carbocycles. The molecule has 0 spiro atoms. The molecular formula is C11H7N2S. The summed E-state index contributed by atoms with van der Waals surface area (Å²) < 4.78 is 2.04. The van der Waals surface area contributed by atoms with Crippen molar-refractivity contribution in [1.82, 2.24) is 9.38 Å². The van der Waals surface area contributed by atoms with Gasteiger partial charge in [-0.15, -0.1) is 11.3 Å². The highest BCUT2D eigenvalue weighted by atomic mass is 32.1. The Morgan fingerprint density at radius 2 is 2.14 bits per heavy atom. The zero-order valence-corrected chi connectivity index (χ0v) is 8.16. The van der Waals surface area contributed by atoms with Crippen molar-refractivity contribution >= 4 is 16.3 Å². The van der Waals surface area contributed by atoms with E-state index in [9.17, 15) is 0 Å². The van der Waals surface area contributed by atoms with Crippen LogP contribution in [0.25, 0.3) is 16.2 Å². The maximum atomic E-state index is 4.51. The monoisotopic (exact) mass is 199 g/mol. The van der Waals surface area contributed by atoms with Crippen LogP contribution in [0, 0.1) is 6.07 Å². The second kappa shape index (κ2) is 2.96. The molecule has 0 saturated heterocycles. The van der Waals surface area contributed by atoms with E-state index in [1.54, 1.807) is 11.3 Å². The van der Waals surface area contributed by atoms with Crippen molar-refractivity contribution in [2.45, 2.75) is 0 Å². The Hall–Kier alpha value is -1.61. The van der Waals surface area contributed by atoms with Crippen LogP contribution in [0.15, 0.2) is 42.0 Å². The van der Waals surface area contributed by atoms with Crippen LogP contribution in [0.5, 0.6) is 0 Å². The minimum Gasteiger partial charge on any atom is -0.297 e. The summed E-state index contributed by atoms with van der Waals surface area (Å²) in [5.74, 6) is 0. The lowest BCUT2D eigenvalue weighted by molar-refractivity contribution is 1.23. The third-order valence-electron chi connectivity index (χ3n) is 2.11. The summed E-state index contributed by atoms with van der Waals surface area (Å²) in [5, 5.41) is 2.03. The molecule has 0 amide bonds. The first kappa shape index (κ1) is 7.76. The standard InChI is InChI=1S/C11H7N2S/c1-2-4-9(5-3-1)10-8-13-6-7-14-11(13)12-10/h2-8H. The van der Waals surface area contributed by atoms with Crippen LogP contribution in [0.2, 0.25) is 0 Å². The molecule has 0 aliphatic heterocycles. The minimum atomic E-state index is 1.02. The Morgan fingerprint density at radius 3 is 2.93 bits per heavy atom. The van der Waals surface area contributed by atoms with E-state index in [0.717, 1.165) is 16.2 Å². The molecule has 0 aliphatic carbocycles. The molecule has 3 rings (SSSR count). The second-order valence-electron chi connectivity index (χ2n) is 3.01. The average Bonchev–Trinajstić information content (AvgIpc) is 2.78. The first-order chi connectivity index (χ1) is 6.93. The van der Waals surface area contributed by atoms with Gasteiger partial charge in [0.25, 0.3) is 0 Å². The maximum absolute atomic E-state index is 4.51. The SMILES string of the molecule is [c]1ccc(-c2cn3ccsc3n2)cc1. The molecule has 0 N–H and O–H groups in total. The Morgan fingerprint density at radius 1 is 1.29 bits per heavy atom. The van der Waals surface area contributed by atoms with Crippen molar-refractivity contribution in [3.63, 3.8) is 0 Å². The van der Waals surface area contributed by atoms with E-state index in [-0.39, 0.29) is 0 Å². The van der Waals surface area contributed by atoms with Gasteiger partial charge in [0.2, 0.25) is 0 Å². The van der Waals surface area contributed by atoms with Crippen LogP contribution in [0.1, 0.15) is 0 Å². The van der Waals surface area contributed by atoms with E-state index in [0.29, 0.717) is 0 Å². The van der Waals surface area contributed by atoms with Crippen LogP contribution < -0.4 is 0 Å². The fourth-order valence-electron chi connectivity index (χ4n) is 1.42. The first-order valence-corrected chi connectivity index (χ1v) is 5.20. The van der Waals surface area contributed by atoms with Crippen LogP contribution in [-0.4, -0.2) is 9.38 Å². The lowest BCUT2D eigenvalue weighted by atomic mass is 10.2. The van der Waals surface area contributed by atoms with Crippen molar-refractivity contribution in [3.8, 4) is 11.3 Å². The number of hydrogen-bond donors (Lipinski definition) is 0. The van der Waals surface area contributed by atoms with Gasteiger partial charge in [-0.1, -0.05) is 24.3 Å². The summed E-state index contributed by atoms with van der Waals surface area (Å²) in [6, 6.07) is 10.8. The van der Waals surface area contributed by atoms with E-state index in [1.807, 2.05) is 46.4 Å².